The van der Waals surface area contributed by atoms with Crippen LogP contribution in [-0.2, 0) is 33.8 Å². The second-order valence-corrected chi connectivity index (χ2v) is 4.03. The highest BCUT2D eigenvalue weighted by Gasteiger charge is 2.28. The molecule has 1 aromatic rings. The fourth-order valence-electron chi connectivity index (χ4n) is 2.06. The number of carbonyl (C=O) groups is 1. The third-order valence-electron chi connectivity index (χ3n) is 3.00. The van der Waals surface area contributed by atoms with Gasteiger partial charge in [-0.15, -0.1) is 10.2 Å². The topological polar surface area (TPSA) is 66.2 Å². The highest BCUT2D eigenvalue weighted by molar-refractivity contribution is 5.72. The molecule has 2 rings (SSSR count). The number of fused-ring (bicyclic) bond motifs is 1. The predicted octanol–water partition coefficient (Wildman–Crippen LogP) is 0.550. The van der Waals surface area contributed by atoms with Crippen LogP contribution in [0, 0.1) is 5.92 Å². The van der Waals surface area contributed by atoms with E-state index >= 15 is 0 Å². The highest BCUT2D eigenvalue weighted by Crippen LogP contribution is 2.21. The van der Waals surface area contributed by atoms with E-state index in [2.05, 4.69) is 10.2 Å². The number of rotatable bonds is 4. The lowest BCUT2D eigenvalue weighted by molar-refractivity contribution is -0.146. The molecule has 1 atom stereocenters. The number of nitrogens with zero attached hydrogens (tertiary/aromatic N) is 3. The Labute approximate surface area is 99.9 Å². The Morgan fingerprint density at radius 2 is 2.35 bits per heavy atom. The van der Waals surface area contributed by atoms with Gasteiger partial charge < -0.3 is 14.0 Å². The van der Waals surface area contributed by atoms with Crippen LogP contribution < -0.4 is 0 Å². The van der Waals surface area contributed by atoms with Gasteiger partial charge in [0.15, 0.2) is 5.82 Å². The van der Waals surface area contributed by atoms with Crippen LogP contribution in [0.15, 0.2) is 0 Å². The summed E-state index contributed by atoms with van der Waals surface area (Å²) in [4.78, 5) is 11.5. The van der Waals surface area contributed by atoms with Gasteiger partial charge >= 0.3 is 5.97 Å². The fourth-order valence-corrected chi connectivity index (χ4v) is 2.06. The van der Waals surface area contributed by atoms with E-state index in [1.165, 1.54) is 7.11 Å². The van der Waals surface area contributed by atoms with E-state index in [0.29, 0.717) is 19.6 Å². The van der Waals surface area contributed by atoms with Gasteiger partial charge in [-0.05, 0) is 13.3 Å². The Bertz CT molecular complexity index is 403. The number of hydrogen-bond donors (Lipinski definition) is 0. The number of hydrogen-bond acceptors (Lipinski definition) is 5. The monoisotopic (exact) mass is 239 g/mol. The molecular formula is C11H17N3O3. The molecule has 2 heterocycles. The van der Waals surface area contributed by atoms with Gasteiger partial charge in [0.25, 0.3) is 0 Å². The lowest BCUT2D eigenvalue weighted by atomic mass is 9.98. The Morgan fingerprint density at radius 1 is 1.53 bits per heavy atom. The summed E-state index contributed by atoms with van der Waals surface area (Å²) < 4.78 is 12.1. The van der Waals surface area contributed by atoms with Gasteiger partial charge in [-0.3, -0.25) is 4.79 Å². The van der Waals surface area contributed by atoms with Crippen molar-refractivity contribution in [3.05, 3.63) is 11.6 Å². The number of aromatic nitrogens is 3. The van der Waals surface area contributed by atoms with Crippen LogP contribution in [0.5, 0.6) is 0 Å². The summed E-state index contributed by atoms with van der Waals surface area (Å²) in [6.45, 7) is 3.84. The van der Waals surface area contributed by atoms with Crippen molar-refractivity contribution in [2.24, 2.45) is 5.92 Å². The molecular weight excluding hydrogens is 222 g/mol. The molecule has 1 aliphatic rings. The Morgan fingerprint density at radius 3 is 3.06 bits per heavy atom. The Balaban J connectivity index is 2.07. The largest absolute Gasteiger partial charge is 0.469 e. The molecule has 0 amide bonds. The average Bonchev–Trinajstić information content (AvgIpc) is 2.77. The van der Waals surface area contributed by atoms with Crippen LogP contribution in [0.2, 0.25) is 0 Å². The van der Waals surface area contributed by atoms with Crippen molar-refractivity contribution in [2.45, 2.75) is 32.9 Å². The molecule has 1 aliphatic heterocycles. The van der Waals surface area contributed by atoms with Crippen molar-refractivity contribution >= 4 is 5.97 Å². The molecule has 0 saturated heterocycles. The maximum Gasteiger partial charge on any atom is 0.309 e. The molecule has 6 nitrogen and oxygen atoms in total. The molecule has 0 radical (unpaired) electrons. The van der Waals surface area contributed by atoms with Crippen molar-refractivity contribution in [2.75, 3.05) is 13.7 Å². The van der Waals surface area contributed by atoms with Gasteiger partial charge in [0.05, 0.1) is 13.0 Å². The first-order chi connectivity index (χ1) is 8.26. The summed E-state index contributed by atoms with van der Waals surface area (Å²) >= 11 is 0. The molecule has 0 N–H and O–H groups in total. The molecule has 0 fully saturated rings. The van der Waals surface area contributed by atoms with Gasteiger partial charge in [0.2, 0.25) is 0 Å². The second kappa shape index (κ2) is 5.27. The first-order valence-corrected chi connectivity index (χ1v) is 5.82. The predicted molar refractivity (Wildman–Crippen MR) is 59.2 cm³/mol. The first kappa shape index (κ1) is 12.0. The molecule has 1 unspecified atom stereocenters. The molecule has 0 bridgehead atoms. The smallest absolute Gasteiger partial charge is 0.309 e. The first-order valence-electron chi connectivity index (χ1n) is 5.82. The normalized spacial score (nSPS) is 18.8. The summed E-state index contributed by atoms with van der Waals surface area (Å²) in [5.74, 6) is 1.44. The Kier molecular flexibility index (Phi) is 3.73. The van der Waals surface area contributed by atoms with Crippen molar-refractivity contribution in [1.29, 1.82) is 0 Å². The van der Waals surface area contributed by atoms with E-state index in [0.717, 1.165) is 24.6 Å². The standard InChI is InChI=1S/C11H17N3O3/c1-3-17-7-10-13-12-9-6-8(11(15)16-2)4-5-14(9)10/h8H,3-7H2,1-2H3. The molecule has 17 heavy (non-hydrogen) atoms. The quantitative estimate of drug-likeness (QED) is 0.718. The van der Waals surface area contributed by atoms with E-state index in [1.807, 2.05) is 11.5 Å². The third kappa shape index (κ3) is 2.46. The molecule has 0 aromatic carbocycles. The van der Waals surface area contributed by atoms with Crippen molar-refractivity contribution in [3.8, 4) is 0 Å². The molecule has 1 aromatic heterocycles. The highest BCUT2D eigenvalue weighted by atomic mass is 16.5. The van der Waals surface area contributed by atoms with Gasteiger partial charge in [-0.1, -0.05) is 0 Å². The zero-order valence-electron chi connectivity index (χ0n) is 10.2. The van der Waals surface area contributed by atoms with Gasteiger partial charge in [0.1, 0.15) is 12.4 Å². The van der Waals surface area contributed by atoms with Gasteiger partial charge in [-0.25, -0.2) is 0 Å². The van der Waals surface area contributed by atoms with E-state index in [1.54, 1.807) is 0 Å². The van der Waals surface area contributed by atoms with E-state index in [9.17, 15) is 4.79 Å². The fraction of sp³-hybridized carbons (Fsp3) is 0.727. The van der Waals surface area contributed by atoms with Crippen LogP contribution in [0.1, 0.15) is 25.0 Å². The minimum Gasteiger partial charge on any atom is -0.469 e. The molecule has 0 aliphatic carbocycles. The van der Waals surface area contributed by atoms with Crippen LogP contribution >= 0.6 is 0 Å². The maximum absolute atomic E-state index is 11.5. The summed E-state index contributed by atoms with van der Waals surface area (Å²) in [6.07, 6.45) is 1.38. The number of methoxy groups -OCH3 is 1. The van der Waals surface area contributed by atoms with Crippen molar-refractivity contribution in [1.82, 2.24) is 14.8 Å². The van der Waals surface area contributed by atoms with Gasteiger partial charge in [0, 0.05) is 19.6 Å². The zero-order valence-corrected chi connectivity index (χ0v) is 10.2. The molecule has 0 spiro atoms. The van der Waals surface area contributed by atoms with Crippen LogP contribution in [0.25, 0.3) is 0 Å². The van der Waals surface area contributed by atoms with E-state index < -0.39 is 0 Å². The lowest BCUT2D eigenvalue weighted by Crippen LogP contribution is -2.27. The lowest BCUT2D eigenvalue weighted by Gasteiger charge is -2.21. The molecule has 6 heteroatoms. The third-order valence-corrected chi connectivity index (χ3v) is 3.00. The van der Waals surface area contributed by atoms with Crippen molar-refractivity contribution < 1.29 is 14.3 Å². The number of esters is 1. The van der Waals surface area contributed by atoms with E-state index in [4.69, 9.17) is 9.47 Å². The molecule has 94 valence electrons. The van der Waals surface area contributed by atoms with Crippen LogP contribution in [0.4, 0.5) is 0 Å². The Hall–Kier alpha value is -1.43. The van der Waals surface area contributed by atoms with E-state index in [-0.39, 0.29) is 11.9 Å². The summed E-state index contributed by atoms with van der Waals surface area (Å²) in [6, 6.07) is 0. The second-order valence-electron chi connectivity index (χ2n) is 4.03. The zero-order chi connectivity index (χ0) is 12.3. The average molecular weight is 239 g/mol. The minimum atomic E-state index is -0.161. The summed E-state index contributed by atoms with van der Waals surface area (Å²) in [7, 11) is 1.42. The van der Waals surface area contributed by atoms with Crippen LogP contribution in [-0.4, -0.2) is 34.5 Å². The SMILES string of the molecule is CCOCc1nnc2n1CCC(C(=O)OC)C2. The summed E-state index contributed by atoms with van der Waals surface area (Å²) in [5, 5.41) is 8.19. The minimum absolute atomic E-state index is 0.0864. The number of carbonyl (C=O) groups excluding carboxylic acids is 1. The van der Waals surface area contributed by atoms with Crippen molar-refractivity contribution in [3.63, 3.8) is 0 Å². The van der Waals surface area contributed by atoms with Crippen LogP contribution in [0.3, 0.4) is 0 Å². The van der Waals surface area contributed by atoms with Gasteiger partial charge in [-0.2, -0.15) is 0 Å². The number of ether oxygens (including phenoxy) is 2. The molecule has 0 saturated carbocycles. The summed E-state index contributed by atoms with van der Waals surface area (Å²) in [5.41, 5.74) is 0. The maximum atomic E-state index is 11.5.